The lowest BCUT2D eigenvalue weighted by atomic mass is 10.1. The highest BCUT2D eigenvalue weighted by Gasteiger charge is 2.31. The van der Waals surface area contributed by atoms with Gasteiger partial charge in [-0.3, -0.25) is 14.9 Å². The van der Waals surface area contributed by atoms with Crippen molar-refractivity contribution in [2.24, 2.45) is 4.99 Å². The zero-order valence-corrected chi connectivity index (χ0v) is 15.5. The van der Waals surface area contributed by atoms with Crippen molar-refractivity contribution in [3.63, 3.8) is 0 Å². The van der Waals surface area contributed by atoms with Gasteiger partial charge in [-0.2, -0.15) is 13.2 Å². The molecule has 152 valence electrons. The molecule has 3 N–H and O–H groups in total. The van der Waals surface area contributed by atoms with E-state index in [2.05, 4.69) is 20.9 Å². The van der Waals surface area contributed by atoms with E-state index in [0.717, 1.165) is 24.1 Å². The molecule has 3 rings (SSSR count). The van der Waals surface area contributed by atoms with Crippen molar-refractivity contribution < 1.29 is 22.8 Å². The van der Waals surface area contributed by atoms with Crippen molar-refractivity contribution >= 4 is 29.1 Å². The SMILES string of the molecule is CCc1ccc(NC2=NC(C(=O)Nc3cccc(C(F)(F)F)c3)CC(=O)N2)cc1. The summed E-state index contributed by atoms with van der Waals surface area (Å²) in [5, 5.41) is 7.86. The molecule has 1 heterocycles. The van der Waals surface area contributed by atoms with Gasteiger partial charge >= 0.3 is 6.18 Å². The van der Waals surface area contributed by atoms with Crippen LogP contribution in [0.5, 0.6) is 0 Å². The van der Waals surface area contributed by atoms with Crippen LogP contribution in [0.4, 0.5) is 24.5 Å². The molecule has 1 unspecified atom stereocenters. The molecule has 0 aromatic heterocycles. The van der Waals surface area contributed by atoms with Crippen LogP contribution in [0.2, 0.25) is 0 Å². The monoisotopic (exact) mass is 404 g/mol. The predicted molar refractivity (Wildman–Crippen MR) is 103 cm³/mol. The van der Waals surface area contributed by atoms with E-state index in [4.69, 9.17) is 0 Å². The van der Waals surface area contributed by atoms with E-state index in [0.29, 0.717) is 5.69 Å². The van der Waals surface area contributed by atoms with E-state index in [-0.39, 0.29) is 18.1 Å². The van der Waals surface area contributed by atoms with Gasteiger partial charge in [-0.1, -0.05) is 25.1 Å². The number of aliphatic imine (C=N–C) groups is 1. The van der Waals surface area contributed by atoms with Gasteiger partial charge in [-0.05, 0) is 42.3 Å². The maximum atomic E-state index is 12.8. The van der Waals surface area contributed by atoms with Gasteiger partial charge in [0.1, 0.15) is 6.04 Å². The van der Waals surface area contributed by atoms with Gasteiger partial charge in [0.05, 0.1) is 12.0 Å². The number of nitrogens with one attached hydrogen (secondary N) is 3. The second-order valence-corrected chi connectivity index (χ2v) is 6.49. The fourth-order valence-corrected chi connectivity index (χ4v) is 2.77. The quantitative estimate of drug-likeness (QED) is 0.729. The number of hydrogen-bond acceptors (Lipinski definition) is 4. The highest BCUT2D eigenvalue weighted by atomic mass is 19.4. The standard InChI is InChI=1S/C20H19F3N4O2/c1-2-12-6-8-14(9-7-12)25-19-26-16(11-17(28)27-19)18(29)24-15-5-3-4-13(10-15)20(21,22)23/h3-10,16H,2,11H2,1H3,(H,24,29)(H2,25,26,27,28). The van der Waals surface area contributed by atoms with Gasteiger partial charge in [0.25, 0.3) is 0 Å². The van der Waals surface area contributed by atoms with Crippen molar-refractivity contribution in [2.45, 2.75) is 32.0 Å². The van der Waals surface area contributed by atoms with E-state index in [1.165, 1.54) is 12.1 Å². The molecule has 0 fully saturated rings. The highest BCUT2D eigenvalue weighted by molar-refractivity contribution is 6.10. The minimum atomic E-state index is -4.52. The van der Waals surface area contributed by atoms with Crippen LogP contribution in [-0.2, 0) is 22.2 Å². The minimum Gasteiger partial charge on any atom is -0.326 e. The number of benzene rings is 2. The average Bonchev–Trinajstić information content (AvgIpc) is 2.67. The number of carbonyl (C=O) groups is 2. The number of halogens is 3. The number of guanidine groups is 1. The van der Waals surface area contributed by atoms with Crippen LogP contribution in [0, 0.1) is 0 Å². The van der Waals surface area contributed by atoms with Crippen molar-refractivity contribution in [1.29, 1.82) is 0 Å². The predicted octanol–water partition coefficient (Wildman–Crippen LogP) is 3.56. The molecule has 0 saturated heterocycles. The van der Waals surface area contributed by atoms with Crippen LogP contribution in [0.15, 0.2) is 53.5 Å². The maximum absolute atomic E-state index is 12.8. The molecule has 0 saturated carbocycles. The summed E-state index contributed by atoms with van der Waals surface area (Å²) in [7, 11) is 0. The lowest BCUT2D eigenvalue weighted by Gasteiger charge is -2.21. The number of alkyl halides is 3. The Morgan fingerprint density at radius 2 is 1.90 bits per heavy atom. The molecule has 1 aliphatic heterocycles. The largest absolute Gasteiger partial charge is 0.416 e. The molecule has 2 aromatic rings. The fourth-order valence-electron chi connectivity index (χ4n) is 2.77. The van der Waals surface area contributed by atoms with Crippen LogP contribution >= 0.6 is 0 Å². The van der Waals surface area contributed by atoms with E-state index in [9.17, 15) is 22.8 Å². The first-order chi connectivity index (χ1) is 13.7. The van der Waals surface area contributed by atoms with Crippen LogP contribution < -0.4 is 16.0 Å². The van der Waals surface area contributed by atoms with Crippen molar-refractivity contribution in [3.05, 3.63) is 59.7 Å². The van der Waals surface area contributed by atoms with E-state index in [1.807, 2.05) is 31.2 Å². The van der Waals surface area contributed by atoms with Crippen LogP contribution in [0.1, 0.15) is 24.5 Å². The first-order valence-electron chi connectivity index (χ1n) is 8.96. The molecule has 2 amide bonds. The van der Waals surface area contributed by atoms with Crippen LogP contribution in [0.25, 0.3) is 0 Å². The zero-order chi connectivity index (χ0) is 21.0. The lowest BCUT2D eigenvalue weighted by molar-refractivity contribution is -0.137. The molecule has 2 aromatic carbocycles. The molecule has 29 heavy (non-hydrogen) atoms. The third-order valence-electron chi connectivity index (χ3n) is 4.31. The van der Waals surface area contributed by atoms with Gasteiger partial charge < -0.3 is 10.6 Å². The zero-order valence-electron chi connectivity index (χ0n) is 15.5. The molecule has 0 spiro atoms. The molecular weight excluding hydrogens is 385 g/mol. The van der Waals surface area contributed by atoms with Gasteiger partial charge in [-0.25, -0.2) is 4.99 Å². The third-order valence-corrected chi connectivity index (χ3v) is 4.31. The third kappa shape index (κ3) is 5.34. The summed E-state index contributed by atoms with van der Waals surface area (Å²) in [5.41, 5.74) is 0.928. The second-order valence-electron chi connectivity index (χ2n) is 6.49. The smallest absolute Gasteiger partial charge is 0.326 e. The lowest BCUT2D eigenvalue weighted by Crippen LogP contribution is -2.45. The van der Waals surface area contributed by atoms with E-state index >= 15 is 0 Å². The average molecular weight is 404 g/mol. The number of anilines is 2. The number of carbonyl (C=O) groups excluding carboxylic acids is 2. The first kappa shape index (κ1) is 20.4. The normalized spacial score (nSPS) is 16.6. The summed E-state index contributed by atoms with van der Waals surface area (Å²) in [5.74, 6) is -0.980. The first-order valence-corrected chi connectivity index (χ1v) is 8.96. The molecule has 9 heteroatoms. The Kier molecular flexibility index (Phi) is 5.86. The summed E-state index contributed by atoms with van der Waals surface area (Å²) in [4.78, 5) is 28.6. The Balaban J connectivity index is 1.72. The summed E-state index contributed by atoms with van der Waals surface area (Å²) in [6.07, 6.45) is -3.84. The Morgan fingerprint density at radius 1 is 1.17 bits per heavy atom. The van der Waals surface area contributed by atoms with E-state index < -0.39 is 29.6 Å². The molecule has 0 bridgehead atoms. The Morgan fingerprint density at radius 3 is 2.55 bits per heavy atom. The summed E-state index contributed by atoms with van der Waals surface area (Å²) in [6.45, 7) is 2.03. The topological polar surface area (TPSA) is 82.6 Å². The number of hydrogen-bond donors (Lipinski definition) is 3. The van der Waals surface area contributed by atoms with Gasteiger partial charge in [0.2, 0.25) is 17.8 Å². The Labute approximate surface area is 165 Å². The van der Waals surface area contributed by atoms with Gasteiger partial charge in [0, 0.05) is 11.4 Å². The van der Waals surface area contributed by atoms with Gasteiger partial charge in [0.15, 0.2) is 0 Å². The van der Waals surface area contributed by atoms with Crippen molar-refractivity contribution in [3.8, 4) is 0 Å². The minimum absolute atomic E-state index is 0.0179. The maximum Gasteiger partial charge on any atom is 0.416 e. The molecule has 0 radical (unpaired) electrons. The summed E-state index contributed by atoms with van der Waals surface area (Å²) >= 11 is 0. The molecule has 1 atom stereocenters. The number of rotatable bonds is 4. The second kappa shape index (κ2) is 8.34. The number of nitrogens with zero attached hydrogens (tertiary/aromatic N) is 1. The summed E-state index contributed by atoms with van der Waals surface area (Å²) in [6, 6.07) is 10.7. The van der Waals surface area contributed by atoms with Crippen molar-refractivity contribution in [1.82, 2.24) is 5.32 Å². The number of aryl methyl sites for hydroxylation is 1. The van der Waals surface area contributed by atoms with Crippen LogP contribution in [-0.4, -0.2) is 23.8 Å². The van der Waals surface area contributed by atoms with Crippen LogP contribution in [0.3, 0.4) is 0 Å². The fraction of sp³-hybridized carbons (Fsp3) is 0.250. The molecule has 1 aliphatic rings. The highest BCUT2D eigenvalue weighted by Crippen LogP contribution is 2.30. The van der Waals surface area contributed by atoms with E-state index in [1.54, 1.807) is 0 Å². The molecular formula is C20H19F3N4O2. The van der Waals surface area contributed by atoms with Crippen molar-refractivity contribution in [2.75, 3.05) is 10.6 Å². The molecule has 6 nitrogen and oxygen atoms in total. The Hall–Kier alpha value is -3.36. The summed E-state index contributed by atoms with van der Waals surface area (Å²) < 4.78 is 38.5. The Bertz CT molecular complexity index is 939. The number of amides is 2. The van der Waals surface area contributed by atoms with Gasteiger partial charge in [-0.15, -0.1) is 0 Å². The molecule has 0 aliphatic carbocycles.